The van der Waals surface area contributed by atoms with Gasteiger partial charge in [0.05, 0.1) is 17.6 Å². The molecule has 0 amide bonds. The Labute approximate surface area is 189 Å². The van der Waals surface area contributed by atoms with Crippen LogP contribution in [0.3, 0.4) is 0 Å². The topological polar surface area (TPSA) is 38.2 Å². The Hall–Kier alpha value is -3.50. The molecule has 4 heteroatoms. The Morgan fingerprint density at radius 3 is 2.19 bits per heavy atom. The lowest BCUT2D eigenvalue weighted by atomic mass is 9.94. The van der Waals surface area contributed by atoms with Crippen molar-refractivity contribution < 1.29 is 4.74 Å². The lowest BCUT2D eigenvalue weighted by Crippen LogP contribution is -2.42. The van der Waals surface area contributed by atoms with Gasteiger partial charge in [-0.3, -0.25) is 9.88 Å². The van der Waals surface area contributed by atoms with Crippen LogP contribution >= 0.6 is 0 Å². The zero-order valence-corrected chi connectivity index (χ0v) is 18.3. The highest BCUT2D eigenvalue weighted by Gasteiger charge is 2.28. The Morgan fingerprint density at radius 2 is 1.53 bits per heavy atom. The third kappa shape index (κ3) is 4.56. The van der Waals surface area contributed by atoms with Crippen LogP contribution in [-0.4, -0.2) is 27.5 Å². The van der Waals surface area contributed by atoms with Crippen LogP contribution in [0.25, 0.3) is 11.3 Å². The normalized spacial score (nSPS) is 15.2. The standard InChI is InChI=1S/C28H27N3O/c1-21-16-29-17-27(30-21)25-13-8-14-28-26(25)15-24(20-32-28)31(18-22-9-4-2-5-10-22)19-23-11-6-3-7-12-23/h2-14,16-17,24H,15,18-20H2,1H3. The van der Waals surface area contributed by atoms with E-state index in [4.69, 9.17) is 9.72 Å². The molecular formula is C28H27N3O. The summed E-state index contributed by atoms with van der Waals surface area (Å²) in [4.78, 5) is 11.6. The van der Waals surface area contributed by atoms with Gasteiger partial charge < -0.3 is 4.74 Å². The van der Waals surface area contributed by atoms with E-state index in [1.807, 2.05) is 19.2 Å². The minimum absolute atomic E-state index is 0.266. The lowest BCUT2D eigenvalue weighted by molar-refractivity contribution is 0.106. The van der Waals surface area contributed by atoms with E-state index >= 15 is 0 Å². The first-order chi connectivity index (χ1) is 15.8. The van der Waals surface area contributed by atoms with E-state index in [9.17, 15) is 0 Å². The summed E-state index contributed by atoms with van der Waals surface area (Å²) in [6.45, 7) is 4.42. The van der Waals surface area contributed by atoms with Gasteiger partial charge >= 0.3 is 0 Å². The average molecular weight is 422 g/mol. The Morgan fingerprint density at radius 1 is 0.844 bits per heavy atom. The summed E-state index contributed by atoms with van der Waals surface area (Å²) < 4.78 is 6.29. The third-order valence-corrected chi connectivity index (χ3v) is 6.01. The molecule has 0 aliphatic carbocycles. The van der Waals surface area contributed by atoms with E-state index in [0.717, 1.165) is 42.2 Å². The van der Waals surface area contributed by atoms with Crippen molar-refractivity contribution in [2.45, 2.75) is 32.5 Å². The molecule has 1 aliphatic rings. The summed E-state index contributed by atoms with van der Waals surface area (Å²) in [7, 11) is 0. The quantitative estimate of drug-likeness (QED) is 0.414. The molecule has 4 aromatic rings. The van der Waals surface area contributed by atoms with Gasteiger partial charge in [-0.2, -0.15) is 0 Å². The van der Waals surface area contributed by atoms with Crippen molar-refractivity contribution >= 4 is 0 Å². The van der Waals surface area contributed by atoms with Crippen molar-refractivity contribution in [2.24, 2.45) is 0 Å². The van der Waals surface area contributed by atoms with E-state index in [1.54, 1.807) is 6.20 Å². The summed E-state index contributed by atoms with van der Waals surface area (Å²) in [5, 5.41) is 0. The van der Waals surface area contributed by atoms with E-state index in [-0.39, 0.29) is 6.04 Å². The lowest BCUT2D eigenvalue weighted by Gasteiger charge is -2.36. The fourth-order valence-electron chi connectivity index (χ4n) is 4.41. The number of aryl methyl sites for hydroxylation is 1. The van der Waals surface area contributed by atoms with Crippen LogP contribution in [0, 0.1) is 6.92 Å². The van der Waals surface area contributed by atoms with Crippen molar-refractivity contribution in [3.63, 3.8) is 0 Å². The van der Waals surface area contributed by atoms with Crippen LogP contribution < -0.4 is 4.74 Å². The smallest absolute Gasteiger partial charge is 0.123 e. The van der Waals surface area contributed by atoms with Crippen molar-refractivity contribution in [3.05, 3.63) is 114 Å². The maximum Gasteiger partial charge on any atom is 0.123 e. The molecule has 5 rings (SSSR count). The van der Waals surface area contributed by atoms with Crippen LogP contribution in [0.2, 0.25) is 0 Å². The molecule has 1 atom stereocenters. The Kier molecular flexibility index (Phi) is 5.95. The number of nitrogens with zero attached hydrogens (tertiary/aromatic N) is 3. The summed E-state index contributed by atoms with van der Waals surface area (Å²) in [6.07, 6.45) is 4.55. The van der Waals surface area contributed by atoms with E-state index in [0.29, 0.717) is 6.61 Å². The maximum absolute atomic E-state index is 6.29. The van der Waals surface area contributed by atoms with Gasteiger partial charge in [-0.25, -0.2) is 4.98 Å². The minimum atomic E-state index is 0.266. The predicted molar refractivity (Wildman–Crippen MR) is 127 cm³/mol. The van der Waals surface area contributed by atoms with Gasteiger partial charge in [0.1, 0.15) is 12.4 Å². The number of fused-ring (bicyclic) bond motifs is 1. The van der Waals surface area contributed by atoms with Crippen LogP contribution in [0.1, 0.15) is 22.4 Å². The molecular weight excluding hydrogens is 394 g/mol. The zero-order valence-electron chi connectivity index (χ0n) is 18.3. The van der Waals surface area contributed by atoms with E-state index in [1.165, 1.54) is 16.7 Å². The van der Waals surface area contributed by atoms with Gasteiger partial charge in [-0.15, -0.1) is 0 Å². The van der Waals surface area contributed by atoms with Crippen molar-refractivity contribution in [1.29, 1.82) is 0 Å². The monoisotopic (exact) mass is 421 g/mol. The molecule has 4 nitrogen and oxygen atoms in total. The first kappa shape index (κ1) is 20.4. The average Bonchev–Trinajstić information content (AvgIpc) is 2.84. The number of hydrogen-bond donors (Lipinski definition) is 0. The highest BCUT2D eigenvalue weighted by molar-refractivity contribution is 5.67. The van der Waals surface area contributed by atoms with E-state index < -0.39 is 0 Å². The third-order valence-electron chi connectivity index (χ3n) is 6.01. The SMILES string of the molecule is Cc1cncc(-c2cccc3c2CC(N(Cc2ccccc2)Cc2ccccc2)CO3)n1. The van der Waals surface area contributed by atoms with Crippen molar-refractivity contribution in [1.82, 2.24) is 14.9 Å². The predicted octanol–water partition coefficient (Wildman–Crippen LogP) is 5.46. The van der Waals surface area contributed by atoms with Crippen LogP contribution in [0.4, 0.5) is 0 Å². The van der Waals surface area contributed by atoms with Gasteiger partial charge in [0.25, 0.3) is 0 Å². The minimum Gasteiger partial charge on any atom is -0.492 e. The summed E-state index contributed by atoms with van der Waals surface area (Å²) in [5.74, 6) is 0.960. The molecule has 0 saturated carbocycles. The maximum atomic E-state index is 6.29. The largest absolute Gasteiger partial charge is 0.492 e. The van der Waals surface area contributed by atoms with Gasteiger partial charge in [-0.1, -0.05) is 72.8 Å². The number of ether oxygens (including phenoxy) is 1. The summed E-state index contributed by atoms with van der Waals surface area (Å²) in [6, 6.07) is 27.9. The molecule has 1 unspecified atom stereocenters. The fraction of sp³-hybridized carbons (Fsp3) is 0.214. The molecule has 0 bridgehead atoms. The molecule has 32 heavy (non-hydrogen) atoms. The molecule has 0 saturated heterocycles. The molecule has 160 valence electrons. The number of benzene rings is 3. The van der Waals surface area contributed by atoms with Gasteiger partial charge in [-0.05, 0) is 30.5 Å². The Bertz CT molecular complexity index is 1140. The molecule has 0 N–H and O–H groups in total. The number of aromatic nitrogens is 2. The molecule has 3 aromatic carbocycles. The molecule has 0 fully saturated rings. The second-order valence-electron chi connectivity index (χ2n) is 8.37. The number of hydrogen-bond acceptors (Lipinski definition) is 4. The summed E-state index contributed by atoms with van der Waals surface area (Å²) >= 11 is 0. The molecule has 1 aliphatic heterocycles. The first-order valence-corrected chi connectivity index (χ1v) is 11.1. The van der Waals surface area contributed by atoms with Crippen LogP contribution in [0.5, 0.6) is 5.75 Å². The first-order valence-electron chi connectivity index (χ1n) is 11.1. The highest BCUT2D eigenvalue weighted by atomic mass is 16.5. The van der Waals surface area contributed by atoms with Crippen molar-refractivity contribution in [3.8, 4) is 17.0 Å². The second-order valence-corrected chi connectivity index (χ2v) is 8.37. The molecule has 2 heterocycles. The fourth-order valence-corrected chi connectivity index (χ4v) is 4.41. The molecule has 0 radical (unpaired) electrons. The zero-order chi connectivity index (χ0) is 21.8. The number of rotatable bonds is 6. The van der Waals surface area contributed by atoms with Crippen LogP contribution in [0.15, 0.2) is 91.3 Å². The molecule has 1 aromatic heterocycles. The second kappa shape index (κ2) is 9.33. The van der Waals surface area contributed by atoms with Gasteiger partial charge in [0, 0.05) is 36.5 Å². The Balaban J connectivity index is 1.47. The summed E-state index contributed by atoms with van der Waals surface area (Å²) in [5.41, 5.74) is 6.78. The molecule has 0 spiro atoms. The van der Waals surface area contributed by atoms with Crippen LogP contribution in [-0.2, 0) is 19.5 Å². The van der Waals surface area contributed by atoms with Gasteiger partial charge in [0.2, 0.25) is 0 Å². The van der Waals surface area contributed by atoms with Crippen molar-refractivity contribution in [2.75, 3.05) is 6.61 Å². The highest BCUT2D eigenvalue weighted by Crippen LogP contribution is 2.35. The van der Waals surface area contributed by atoms with Gasteiger partial charge in [0.15, 0.2) is 0 Å². The van der Waals surface area contributed by atoms with E-state index in [2.05, 4.69) is 82.7 Å².